The Kier molecular flexibility index (Phi) is 6.74. The maximum absolute atomic E-state index is 12.5. The van der Waals surface area contributed by atoms with E-state index in [0.29, 0.717) is 6.54 Å². The molecule has 0 bridgehead atoms. The van der Waals surface area contributed by atoms with Gasteiger partial charge in [0.15, 0.2) is 0 Å². The van der Waals surface area contributed by atoms with Crippen molar-refractivity contribution < 1.29 is 22.7 Å². The number of nitriles is 1. The summed E-state index contributed by atoms with van der Waals surface area (Å²) >= 11 is 0. The van der Waals surface area contributed by atoms with Gasteiger partial charge < -0.3 is 14.4 Å². The molecule has 1 aliphatic rings. The summed E-state index contributed by atoms with van der Waals surface area (Å²) in [5.74, 6) is 0.214. The molecule has 9 nitrogen and oxygen atoms in total. The zero-order valence-corrected chi connectivity index (χ0v) is 17.1. The minimum atomic E-state index is -4.03. The highest BCUT2D eigenvalue weighted by atomic mass is 32.2. The Labute approximate surface area is 165 Å². The van der Waals surface area contributed by atoms with Crippen LogP contribution in [0.1, 0.15) is 45.6 Å². The number of likely N-dealkylation sites (tertiary alicyclic amines) is 1. The van der Waals surface area contributed by atoms with Gasteiger partial charge in [0.05, 0.1) is 11.7 Å². The predicted molar refractivity (Wildman–Crippen MR) is 104 cm³/mol. The molecule has 1 saturated heterocycles. The smallest absolute Gasteiger partial charge is 0.410 e. The second-order valence-electron chi connectivity index (χ2n) is 7.57. The van der Waals surface area contributed by atoms with Crippen molar-refractivity contribution in [1.29, 1.82) is 5.26 Å². The van der Waals surface area contributed by atoms with Crippen molar-refractivity contribution in [2.45, 2.75) is 51.7 Å². The van der Waals surface area contributed by atoms with Crippen molar-refractivity contribution >= 4 is 22.0 Å². The molecule has 1 aliphatic heterocycles. The molecule has 10 heteroatoms. The maximum atomic E-state index is 12.5. The molecule has 28 heavy (non-hydrogen) atoms. The maximum Gasteiger partial charge on any atom is 0.410 e. The van der Waals surface area contributed by atoms with E-state index < -0.39 is 21.9 Å². The van der Waals surface area contributed by atoms with Crippen LogP contribution >= 0.6 is 0 Å². The number of nitrogens with one attached hydrogen (secondary N) is 1. The molecule has 0 spiro atoms. The summed E-state index contributed by atoms with van der Waals surface area (Å²) in [6.07, 6.45) is 2.18. The third-order valence-electron chi connectivity index (χ3n) is 4.08. The normalized spacial score (nSPS) is 17.5. The summed E-state index contributed by atoms with van der Waals surface area (Å²) in [4.78, 5) is 14.1. The molecule has 1 fully saturated rings. The molecule has 1 amide bonds. The van der Waals surface area contributed by atoms with Crippen LogP contribution in [-0.4, -0.2) is 44.2 Å². The van der Waals surface area contributed by atoms with E-state index in [1.54, 1.807) is 17.0 Å². The summed E-state index contributed by atoms with van der Waals surface area (Å²) in [6.45, 7) is 6.16. The summed E-state index contributed by atoms with van der Waals surface area (Å²) in [6, 6.07) is 6.26. The van der Waals surface area contributed by atoms with Gasteiger partial charge in [0.1, 0.15) is 29.6 Å². The zero-order chi connectivity index (χ0) is 20.9. The number of amides is 1. The van der Waals surface area contributed by atoms with E-state index in [9.17, 15) is 18.5 Å². The topological polar surface area (TPSA) is 135 Å². The van der Waals surface area contributed by atoms with Crippen LogP contribution in [0.2, 0.25) is 0 Å². The average molecular weight is 410 g/mol. The molecule has 1 aromatic carbocycles. The summed E-state index contributed by atoms with van der Waals surface area (Å²) < 4.78 is 35.9. The predicted octanol–water partition coefficient (Wildman–Crippen LogP) is 2.34. The summed E-state index contributed by atoms with van der Waals surface area (Å²) in [7, 11) is -4.03. The minimum absolute atomic E-state index is 0.0242. The molecule has 1 atom stereocenters. The molecule has 0 aliphatic carbocycles. The number of nitrogens with two attached hydrogens (primary N) is 1. The quantitative estimate of drug-likeness (QED) is 0.765. The lowest BCUT2D eigenvalue weighted by molar-refractivity contribution is 0.00359. The van der Waals surface area contributed by atoms with Gasteiger partial charge in [0.25, 0.3) is 10.2 Å². The number of hydrogen-bond acceptors (Lipinski definition) is 6. The Hall–Kier alpha value is -2.51. The number of rotatable bonds is 5. The second kappa shape index (κ2) is 8.67. The lowest BCUT2D eigenvalue weighted by Gasteiger charge is -2.36. The molecule has 1 heterocycles. The zero-order valence-electron chi connectivity index (χ0n) is 16.3. The van der Waals surface area contributed by atoms with Crippen LogP contribution in [-0.2, 0) is 14.9 Å². The van der Waals surface area contributed by atoms with Crippen molar-refractivity contribution in [3.05, 3.63) is 23.8 Å². The SMILES string of the molecule is CC(C)(C)OC(=O)N1CCCC[C@@H]1COc1cccc(NS(N)(=O)=O)c1C#N. The fourth-order valence-corrected chi connectivity index (χ4v) is 3.40. The van der Waals surface area contributed by atoms with Gasteiger partial charge in [-0.25, -0.2) is 9.93 Å². The fraction of sp³-hybridized carbons (Fsp3) is 0.556. The van der Waals surface area contributed by atoms with Crippen LogP contribution in [0, 0.1) is 11.3 Å². The Morgan fingerprint density at radius 1 is 1.39 bits per heavy atom. The van der Waals surface area contributed by atoms with Crippen molar-refractivity contribution in [3.8, 4) is 11.8 Å². The van der Waals surface area contributed by atoms with Crippen LogP contribution in [0.25, 0.3) is 0 Å². The van der Waals surface area contributed by atoms with Crippen LogP contribution in [0.3, 0.4) is 0 Å². The third kappa shape index (κ3) is 6.28. The summed E-state index contributed by atoms with van der Waals surface area (Å²) in [5, 5.41) is 14.4. The number of benzene rings is 1. The van der Waals surface area contributed by atoms with Gasteiger partial charge in [-0.05, 0) is 52.2 Å². The molecule has 0 aromatic heterocycles. The number of carbonyl (C=O) groups is 1. The molecule has 154 valence electrons. The molecule has 3 N–H and O–H groups in total. The van der Waals surface area contributed by atoms with Gasteiger partial charge in [-0.1, -0.05) is 6.07 Å². The van der Waals surface area contributed by atoms with Gasteiger partial charge >= 0.3 is 6.09 Å². The molecule has 1 aromatic rings. The van der Waals surface area contributed by atoms with Gasteiger partial charge in [-0.2, -0.15) is 13.7 Å². The van der Waals surface area contributed by atoms with Crippen LogP contribution in [0.5, 0.6) is 5.75 Å². The Morgan fingerprint density at radius 2 is 2.11 bits per heavy atom. The molecule has 0 unspecified atom stereocenters. The van der Waals surface area contributed by atoms with Crippen molar-refractivity contribution in [1.82, 2.24) is 4.90 Å². The first-order valence-corrected chi connectivity index (χ1v) is 10.5. The largest absolute Gasteiger partial charge is 0.490 e. The Bertz CT molecular complexity index is 858. The highest BCUT2D eigenvalue weighted by molar-refractivity contribution is 7.90. The molecular weight excluding hydrogens is 384 g/mol. The first-order valence-electron chi connectivity index (χ1n) is 8.96. The monoisotopic (exact) mass is 410 g/mol. The number of piperidine rings is 1. The van der Waals surface area contributed by atoms with E-state index in [2.05, 4.69) is 4.72 Å². The highest BCUT2D eigenvalue weighted by Crippen LogP contribution is 2.28. The van der Waals surface area contributed by atoms with E-state index >= 15 is 0 Å². The number of anilines is 1. The Morgan fingerprint density at radius 3 is 2.71 bits per heavy atom. The van der Waals surface area contributed by atoms with Crippen LogP contribution in [0.15, 0.2) is 18.2 Å². The van der Waals surface area contributed by atoms with Gasteiger partial charge in [0.2, 0.25) is 0 Å². The molecule has 0 radical (unpaired) electrons. The third-order valence-corrected chi connectivity index (χ3v) is 4.58. The minimum Gasteiger partial charge on any atom is -0.490 e. The van der Waals surface area contributed by atoms with Gasteiger partial charge in [-0.15, -0.1) is 0 Å². The van der Waals surface area contributed by atoms with E-state index in [1.807, 2.05) is 26.8 Å². The van der Waals surface area contributed by atoms with Crippen molar-refractivity contribution in [3.63, 3.8) is 0 Å². The van der Waals surface area contributed by atoms with Crippen molar-refractivity contribution in [2.24, 2.45) is 5.14 Å². The lowest BCUT2D eigenvalue weighted by Crippen LogP contribution is -2.48. The van der Waals surface area contributed by atoms with Crippen molar-refractivity contribution in [2.75, 3.05) is 17.9 Å². The van der Waals surface area contributed by atoms with Crippen LogP contribution in [0.4, 0.5) is 10.5 Å². The Balaban J connectivity index is 2.14. The second-order valence-corrected chi connectivity index (χ2v) is 8.87. The summed E-state index contributed by atoms with van der Waals surface area (Å²) in [5.41, 5.74) is -0.534. The number of carbonyl (C=O) groups excluding carboxylic acids is 1. The van der Waals surface area contributed by atoms with Gasteiger partial charge in [-0.3, -0.25) is 4.72 Å². The lowest BCUT2D eigenvalue weighted by atomic mass is 10.0. The number of hydrogen-bond donors (Lipinski definition) is 2. The van der Waals surface area contributed by atoms with Gasteiger partial charge in [0, 0.05) is 6.54 Å². The van der Waals surface area contributed by atoms with E-state index in [1.165, 1.54) is 6.07 Å². The fourth-order valence-electron chi connectivity index (χ4n) is 2.93. The number of ether oxygens (including phenoxy) is 2. The first-order chi connectivity index (χ1) is 13.0. The molecular formula is C18H26N4O5S. The van der Waals surface area contributed by atoms with Crippen LogP contribution < -0.4 is 14.6 Å². The number of nitrogens with zero attached hydrogens (tertiary/aromatic N) is 2. The highest BCUT2D eigenvalue weighted by Gasteiger charge is 2.31. The van der Waals surface area contributed by atoms with E-state index in [-0.39, 0.29) is 29.6 Å². The van der Waals surface area contributed by atoms with E-state index in [0.717, 1.165) is 19.3 Å². The molecule has 2 rings (SSSR count). The standard InChI is InChI=1S/C18H26N4O5S/c1-18(2,3)27-17(23)22-10-5-4-7-13(22)12-26-16-9-6-8-15(14(16)11-19)21-28(20,24)25/h6,8-9,13,21H,4-5,7,10,12H2,1-3H3,(H2,20,24,25)/t13-/m1/s1. The molecule has 0 saturated carbocycles. The first kappa shape index (κ1) is 21.8. The van der Waals surface area contributed by atoms with E-state index in [4.69, 9.17) is 14.6 Å². The average Bonchev–Trinajstić information content (AvgIpc) is 2.57.